The highest BCUT2D eigenvalue weighted by molar-refractivity contribution is 6.55. The van der Waals surface area contributed by atoms with Gasteiger partial charge in [0, 0.05) is 18.3 Å². The van der Waals surface area contributed by atoms with Gasteiger partial charge in [0.25, 0.3) is 0 Å². The molecule has 168 valence electrons. The number of rotatable bonds is 13. The summed E-state index contributed by atoms with van der Waals surface area (Å²) in [5, 5.41) is 4.71. The highest BCUT2D eigenvalue weighted by atomic mass is 35.5. The van der Waals surface area contributed by atoms with E-state index in [0.29, 0.717) is 34.8 Å². The first kappa shape index (κ1) is 25.5. The molecule has 5 nitrogen and oxygen atoms in total. The van der Waals surface area contributed by atoms with E-state index in [9.17, 15) is 0 Å². The SMILES string of the molecule is COc1ccc(CO/N=C/CCCCOc2c(Cl)cc(OCC=C(Cl)Cl)cc2Cl)cc1. The van der Waals surface area contributed by atoms with E-state index in [1.54, 1.807) is 25.5 Å². The Kier molecular flexibility index (Phi) is 11.8. The van der Waals surface area contributed by atoms with Gasteiger partial charge in [-0.3, -0.25) is 0 Å². The van der Waals surface area contributed by atoms with Gasteiger partial charge in [-0.15, -0.1) is 0 Å². The molecule has 0 aliphatic rings. The molecule has 2 aromatic carbocycles. The Bertz CT molecular complexity index is 845. The molecule has 2 rings (SSSR count). The average Bonchev–Trinajstić information content (AvgIpc) is 2.74. The van der Waals surface area contributed by atoms with Crippen LogP contribution in [-0.4, -0.2) is 26.5 Å². The number of oxime groups is 1. The van der Waals surface area contributed by atoms with Crippen molar-refractivity contribution in [1.82, 2.24) is 0 Å². The monoisotopic (exact) mass is 505 g/mol. The lowest BCUT2D eigenvalue weighted by Crippen LogP contribution is -2.00. The Morgan fingerprint density at radius 3 is 2.32 bits per heavy atom. The van der Waals surface area contributed by atoms with Crippen LogP contribution in [0.2, 0.25) is 10.0 Å². The van der Waals surface area contributed by atoms with E-state index in [1.165, 1.54) is 6.08 Å². The molecule has 0 saturated carbocycles. The average molecular weight is 507 g/mol. The summed E-state index contributed by atoms with van der Waals surface area (Å²) < 4.78 is 16.4. The summed E-state index contributed by atoms with van der Waals surface area (Å²) in [5.74, 6) is 1.74. The summed E-state index contributed by atoms with van der Waals surface area (Å²) in [6.07, 6.45) is 5.74. The molecule has 0 aliphatic heterocycles. The fourth-order valence-corrected chi connectivity index (χ4v) is 3.11. The zero-order chi connectivity index (χ0) is 22.5. The van der Waals surface area contributed by atoms with Gasteiger partial charge in [-0.25, -0.2) is 0 Å². The number of hydrogen-bond acceptors (Lipinski definition) is 5. The first-order valence-corrected chi connectivity index (χ1v) is 11.0. The van der Waals surface area contributed by atoms with Crippen molar-refractivity contribution < 1.29 is 19.0 Å². The van der Waals surface area contributed by atoms with Crippen LogP contribution in [0.1, 0.15) is 24.8 Å². The molecule has 9 heteroatoms. The maximum absolute atomic E-state index is 6.24. The van der Waals surface area contributed by atoms with Gasteiger partial charge < -0.3 is 19.0 Å². The molecule has 31 heavy (non-hydrogen) atoms. The summed E-state index contributed by atoms with van der Waals surface area (Å²) in [4.78, 5) is 5.29. The van der Waals surface area contributed by atoms with Gasteiger partial charge in [0.2, 0.25) is 0 Å². The Labute approximate surface area is 202 Å². The third-order valence-corrected chi connectivity index (χ3v) is 4.84. The number of unbranched alkanes of at least 4 members (excludes halogenated alkanes) is 2. The van der Waals surface area contributed by atoms with Crippen LogP contribution in [0.25, 0.3) is 0 Å². The number of halogens is 4. The van der Waals surface area contributed by atoms with Gasteiger partial charge in [-0.05, 0) is 43.0 Å². The first-order chi connectivity index (χ1) is 15.0. The zero-order valence-electron chi connectivity index (χ0n) is 17.0. The van der Waals surface area contributed by atoms with Crippen LogP contribution in [0.4, 0.5) is 0 Å². The molecule has 0 heterocycles. The van der Waals surface area contributed by atoms with Crippen molar-refractivity contribution in [3.8, 4) is 17.2 Å². The van der Waals surface area contributed by atoms with Crippen molar-refractivity contribution in [3.05, 3.63) is 62.6 Å². The minimum absolute atomic E-state index is 0.131. The van der Waals surface area contributed by atoms with Crippen molar-refractivity contribution >= 4 is 52.6 Å². The number of nitrogens with zero attached hydrogens (tertiary/aromatic N) is 1. The molecule has 0 N–H and O–H groups in total. The van der Waals surface area contributed by atoms with Crippen LogP contribution < -0.4 is 14.2 Å². The molecule has 0 unspecified atom stereocenters. The smallest absolute Gasteiger partial charge is 0.156 e. The van der Waals surface area contributed by atoms with E-state index in [4.69, 9.17) is 65.5 Å². The van der Waals surface area contributed by atoms with Gasteiger partial charge in [-0.2, -0.15) is 0 Å². The molecule has 0 aromatic heterocycles. The molecule has 0 saturated heterocycles. The van der Waals surface area contributed by atoms with Crippen molar-refractivity contribution in [3.63, 3.8) is 0 Å². The summed E-state index contributed by atoms with van der Waals surface area (Å²) in [7, 11) is 1.63. The predicted octanol–water partition coefficient (Wildman–Crippen LogP) is 7.45. The van der Waals surface area contributed by atoms with Gasteiger partial charge in [0.05, 0.1) is 23.8 Å². The van der Waals surface area contributed by atoms with E-state index in [0.717, 1.165) is 30.6 Å². The highest BCUT2D eigenvalue weighted by Gasteiger charge is 2.10. The predicted molar refractivity (Wildman–Crippen MR) is 127 cm³/mol. The summed E-state index contributed by atoms with van der Waals surface area (Å²) in [6, 6.07) is 10.9. The third kappa shape index (κ3) is 9.92. The van der Waals surface area contributed by atoms with Crippen LogP contribution in [0.5, 0.6) is 17.2 Å². The van der Waals surface area contributed by atoms with Gasteiger partial charge >= 0.3 is 0 Å². The lowest BCUT2D eigenvalue weighted by Gasteiger charge is -2.12. The quantitative estimate of drug-likeness (QED) is 0.161. The highest BCUT2D eigenvalue weighted by Crippen LogP contribution is 2.37. The summed E-state index contributed by atoms with van der Waals surface area (Å²) in [5.41, 5.74) is 1.02. The molecule has 0 radical (unpaired) electrons. The van der Waals surface area contributed by atoms with Crippen LogP contribution in [-0.2, 0) is 11.4 Å². The van der Waals surface area contributed by atoms with Crippen LogP contribution in [0.3, 0.4) is 0 Å². The molecule has 0 amide bonds. The van der Waals surface area contributed by atoms with Gasteiger partial charge in [0.1, 0.15) is 29.2 Å². The van der Waals surface area contributed by atoms with E-state index in [-0.39, 0.29) is 11.1 Å². The van der Waals surface area contributed by atoms with Gasteiger partial charge in [0.15, 0.2) is 5.75 Å². The molecule has 0 spiro atoms. The Morgan fingerprint density at radius 1 is 0.968 bits per heavy atom. The Morgan fingerprint density at radius 2 is 1.68 bits per heavy atom. The molecule has 0 atom stereocenters. The second-order valence-electron chi connectivity index (χ2n) is 6.27. The molecule has 0 aliphatic carbocycles. The van der Waals surface area contributed by atoms with Crippen molar-refractivity contribution in [2.24, 2.45) is 5.16 Å². The number of methoxy groups -OCH3 is 1. The molecule has 2 aromatic rings. The molecular formula is C22H23Cl4NO4. The number of hydrogen-bond donors (Lipinski definition) is 0. The maximum Gasteiger partial charge on any atom is 0.156 e. The van der Waals surface area contributed by atoms with Crippen molar-refractivity contribution in [2.45, 2.75) is 25.9 Å². The zero-order valence-corrected chi connectivity index (χ0v) is 20.0. The van der Waals surface area contributed by atoms with Gasteiger partial charge in [-0.1, -0.05) is 63.7 Å². The van der Waals surface area contributed by atoms with E-state index in [2.05, 4.69) is 5.16 Å². The van der Waals surface area contributed by atoms with Crippen LogP contribution >= 0.6 is 46.4 Å². The van der Waals surface area contributed by atoms with E-state index < -0.39 is 0 Å². The van der Waals surface area contributed by atoms with Crippen LogP contribution in [0.15, 0.2) is 52.1 Å². The fraction of sp³-hybridized carbons (Fsp3) is 0.318. The Balaban J connectivity index is 1.63. The number of ether oxygens (including phenoxy) is 3. The number of benzene rings is 2. The van der Waals surface area contributed by atoms with Crippen molar-refractivity contribution in [1.29, 1.82) is 0 Å². The normalized spacial score (nSPS) is 10.7. The van der Waals surface area contributed by atoms with E-state index in [1.807, 2.05) is 24.3 Å². The van der Waals surface area contributed by atoms with Crippen molar-refractivity contribution in [2.75, 3.05) is 20.3 Å². The largest absolute Gasteiger partial charge is 0.497 e. The molecular weight excluding hydrogens is 484 g/mol. The summed E-state index contributed by atoms with van der Waals surface area (Å²) >= 11 is 23.6. The van der Waals surface area contributed by atoms with Crippen LogP contribution in [0, 0.1) is 0 Å². The first-order valence-electron chi connectivity index (χ1n) is 9.52. The second-order valence-corrected chi connectivity index (χ2v) is 8.10. The standard InChI is InChI=1S/C22H23Cl4NO4/c1-28-17-7-5-16(6-8-17)15-31-27-10-3-2-4-11-30-22-19(23)13-18(14-20(22)24)29-12-9-21(25)26/h5-10,13-14H,2-4,11-12,15H2,1H3/b27-10+. The maximum atomic E-state index is 6.24. The third-order valence-electron chi connectivity index (χ3n) is 3.97. The molecule has 0 fully saturated rings. The minimum Gasteiger partial charge on any atom is -0.497 e. The molecule has 0 bridgehead atoms. The van der Waals surface area contributed by atoms with E-state index >= 15 is 0 Å². The lowest BCUT2D eigenvalue weighted by atomic mass is 10.2. The summed E-state index contributed by atoms with van der Waals surface area (Å²) in [6.45, 7) is 1.10. The Hall–Kier alpha value is -1.79. The fourth-order valence-electron chi connectivity index (χ4n) is 2.41. The topological polar surface area (TPSA) is 49.3 Å². The lowest BCUT2D eigenvalue weighted by molar-refractivity contribution is 0.131. The second kappa shape index (κ2) is 14.3. The minimum atomic E-state index is 0.131.